The molecule has 1 unspecified atom stereocenters. The monoisotopic (exact) mass is 359 g/mol. The molecule has 3 nitrogen and oxygen atoms in total. The highest BCUT2D eigenvalue weighted by atomic mass is 35.5. The van der Waals surface area contributed by atoms with E-state index in [1.807, 2.05) is 51.1 Å². The second-order valence-electron chi connectivity index (χ2n) is 6.81. The number of carbonyl (C=O) groups is 1. The van der Waals surface area contributed by atoms with Crippen molar-refractivity contribution >= 4 is 23.2 Å². The van der Waals surface area contributed by atoms with Crippen LogP contribution in [0.25, 0.3) is 0 Å². The van der Waals surface area contributed by atoms with Gasteiger partial charge in [0.05, 0.1) is 0 Å². The number of para-hydroxylation sites is 1. The van der Waals surface area contributed by atoms with Crippen molar-refractivity contribution in [2.24, 2.45) is 0 Å². The number of hydrogen-bond donors (Lipinski definition) is 1. The van der Waals surface area contributed by atoms with Gasteiger partial charge < -0.3 is 10.1 Å². The summed E-state index contributed by atoms with van der Waals surface area (Å²) >= 11 is 6.19. The van der Waals surface area contributed by atoms with E-state index in [4.69, 9.17) is 16.3 Å². The topological polar surface area (TPSA) is 38.3 Å². The number of halogens is 1. The summed E-state index contributed by atoms with van der Waals surface area (Å²) in [5.41, 5.74) is 4.92. The van der Waals surface area contributed by atoms with Gasteiger partial charge in [-0.3, -0.25) is 4.79 Å². The zero-order valence-corrected chi connectivity index (χ0v) is 16.5. The van der Waals surface area contributed by atoms with E-state index in [1.54, 1.807) is 6.92 Å². The Morgan fingerprint density at radius 2 is 1.64 bits per heavy atom. The molecular weight excluding hydrogens is 334 g/mol. The Kier molecular flexibility index (Phi) is 6.12. The van der Waals surface area contributed by atoms with Crippen molar-refractivity contribution in [3.8, 4) is 5.75 Å². The van der Waals surface area contributed by atoms with Crippen molar-refractivity contribution in [1.29, 1.82) is 0 Å². The van der Waals surface area contributed by atoms with Crippen molar-refractivity contribution in [2.45, 2.75) is 53.6 Å². The molecule has 0 saturated heterocycles. The molecule has 0 bridgehead atoms. The summed E-state index contributed by atoms with van der Waals surface area (Å²) in [4.78, 5) is 12.6. The van der Waals surface area contributed by atoms with Crippen LogP contribution in [0, 0.1) is 20.8 Å². The van der Waals surface area contributed by atoms with Crippen LogP contribution in [0.15, 0.2) is 30.3 Å². The fraction of sp³-hybridized carbons (Fsp3) is 0.381. The van der Waals surface area contributed by atoms with E-state index < -0.39 is 6.10 Å². The van der Waals surface area contributed by atoms with Crippen molar-refractivity contribution < 1.29 is 9.53 Å². The molecule has 1 N–H and O–H groups in total. The first-order valence-electron chi connectivity index (χ1n) is 8.54. The van der Waals surface area contributed by atoms with Crippen molar-refractivity contribution in [1.82, 2.24) is 0 Å². The summed E-state index contributed by atoms with van der Waals surface area (Å²) in [6.45, 7) is 11.8. The molecule has 0 aliphatic carbocycles. The lowest BCUT2D eigenvalue weighted by Crippen LogP contribution is -2.31. The number of ether oxygens (including phenoxy) is 1. The second kappa shape index (κ2) is 7.92. The van der Waals surface area contributed by atoms with Gasteiger partial charge in [-0.25, -0.2) is 0 Å². The van der Waals surface area contributed by atoms with Gasteiger partial charge in [-0.05, 0) is 68.0 Å². The third kappa shape index (κ3) is 4.55. The lowest BCUT2D eigenvalue weighted by molar-refractivity contribution is -0.122. The van der Waals surface area contributed by atoms with Crippen LogP contribution in [0.5, 0.6) is 5.75 Å². The average Bonchev–Trinajstić information content (AvgIpc) is 2.53. The lowest BCUT2D eigenvalue weighted by Gasteiger charge is -2.20. The van der Waals surface area contributed by atoms with Gasteiger partial charge in [0.25, 0.3) is 5.91 Å². The lowest BCUT2D eigenvalue weighted by atomic mass is 9.98. The SMILES string of the molecule is Cc1cc(OC(C)C(=O)Nc2c(C)cccc2C(C)C)cc(C)c1Cl. The molecule has 2 aromatic rings. The van der Waals surface area contributed by atoms with Gasteiger partial charge in [-0.1, -0.05) is 43.6 Å². The average molecular weight is 360 g/mol. The molecule has 0 aliphatic heterocycles. The molecule has 0 fully saturated rings. The van der Waals surface area contributed by atoms with Crippen LogP contribution in [0.4, 0.5) is 5.69 Å². The van der Waals surface area contributed by atoms with Crippen LogP contribution < -0.4 is 10.1 Å². The minimum atomic E-state index is -0.611. The van der Waals surface area contributed by atoms with E-state index in [1.165, 1.54) is 0 Å². The van der Waals surface area contributed by atoms with E-state index in [0.717, 1.165) is 33.0 Å². The third-order valence-electron chi connectivity index (χ3n) is 4.27. The maximum atomic E-state index is 12.6. The first kappa shape index (κ1) is 19.3. The van der Waals surface area contributed by atoms with E-state index in [0.29, 0.717) is 11.7 Å². The normalized spacial score (nSPS) is 12.2. The van der Waals surface area contributed by atoms with Crippen LogP contribution in [-0.4, -0.2) is 12.0 Å². The van der Waals surface area contributed by atoms with Crippen LogP contribution >= 0.6 is 11.6 Å². The predicted molar refractivity (Wildman–Crippen MR) is 105 cm³/mol. The predicted octanol–water partition coefficient (Wildman–Crippen LogP) is 5.79. The number of amides is 1. The molecule has 0 aromatic heterocycles. The molecule has 0 saturated carbocycles. The molecule has 2 aromatic carbocycles. The van der Waals surface area contributed by atoms with E-state index in [9.17, 15) is 4.79 Å². The Morgan fingerprint density at radius 3 is 2.20 bits per heavy atom. The number of benzene rings is 2. The summed E-state index contributed by atoms with van der Waals surface area (Å²) in [6.07, 6.45) is -0.611. The highest BCUT2D eigenvalue weighted by Gasteiger charge is 2.19. The Bertz CT molecular complexity index is 760. The van der Waals surface area contributed by atoms with Crippen LogP contribution in [0.1, 0.15) is 48.9 Å². The highest BCUT2D eigenvalue weighted by molar-refractivity contribution is 6.32. The summed E-state index contributed by atoms with van der Waals surface area (Å²) in [5.74, 6) is 0.811. The summed E-state index contributed by atoms with van der Waals surface area (Å²) < 4.78 is 5.83. The molecule has 1 atom stereocenters. The van der Waals surface area contributed by atoms with Gasteiger partial charge in [-0.2, -0.15) is 0 Å². The number of nitrogens with one attached hydrogen (secondary N) is 1. The fourth-order valence-corrected chi connectivity index (χ4v) is 2.91. The first-order valence-corrected chi connectivity index (χ1v) is 8.92. The molecular formula is C21H26ClNO2. The number of anilines is 1. The zero-order chi connectivity index (χ0) is 18.7. The molecule has 0 heterocycles. The standard InChI is InChI=1S/C21H26ClNO2/c1-12(2)18-9-7-8-13(3)20(18)23-21(24)16(6)25-17-10-14(4)19(22)15(5)11-17/h7-12,16H,1-6H3,(H,23,24). The van der Waals surface area contributed by atoms with E-state index in [-0.39, 0.29) is 5.91 Å². The Hall–Kier alpha value is -2.00. The molecule has 0 aliphatic rings. The van der Waals surface area contributed by atoms with Gasteiger partial charge in [0.1, 0.15) is 5.75 Å². The number of rotatable bonds is 5. The van der Waals surface area contributed by atoms with Crippen LogP contribution in [-0.2, 0) is 4.79 Å². The van der Waals surface area contributed by atoms with Crippen molar-refractivity contribution in [2.75, 3.05) is 5.32 Å². The third-order valence-corrected chi connectivity index (χ3v) is 4.86. The maximum Gasteiger partial charge on any atom is 0.265 e. The Morgan fingerprint density at radius 1 is 1.04 bits per heavy atom. The maximum absolute atomic E-state index is 12.6. The molecule has 0 radical (unpaired) electrons. The highest BCUT2D eigenvalue weighted by Crippen LogP contribution is 2.29. The molecule has 0 spiro atoms. The van der Waals surface area contributed by atoms with Crippen LogP contribution in [0.3, 0.4) is 0 Å². The molecule has 2 rings (SSSR count). The number of aryl methyl sites for hydroxylation is 3. The second-order valence-corrected chi connectivity index (χ2v) is 7.19. The molecule has 1 amide bonds. The van der Waals surface area contributed by atoms with Gasteiger partial charge in [0.15, 0.2) is 6.10 Å². The van der Waals surface area contributed by atoms with Crippen LogP contribution in [0.2, 0.25) is 5.02 Å². The van der Waals surface area contributed by atoms with Crippen molar-refractivity contribution in [3.63, 3.8) is 0 Å². The minimum absolute atomic E-state index is 0.165. The Labute approximate surface area is 155 Å². The van der Waals surface area contributed by atoms with Gasteiger partial charge in [0, 0.05) is 10.7 Å². The summed E-state index contributed by atoms with van der Waals surface area (Å²) in [5, 5.41) is 3.76. The van der Waals surface area contributed by atoms with Crippen molar-refractivity contribution in [3.05, 3.63) is 57.6 Å². The molecule has 25 heavy (non-hydrogen) atoms. The number of hydrogen-bond acceptors (Lipinski definition) is 2. The summed E-state index contributed by atoms with van der Waals surface area (Å²) in [7, 11) is 0. The minimum Gasteiger partial charge on any atom is -0.481 e. The molecule has 134 valence electrons. The first-order chi connectivity index (χ1) is 11.7. The quantitative estimate of drug-likeness (QED) is 0.733. The number of carbonyl (C=O) groups excluding carboxylic acids is 1. The van der Waals surface area contributed by atoms with Gasteiger partial charge >= 0.3 is 0 Å². The van der Waals surface area contributed by atoms with Gasteiger partial charge in [-0.15, -0.1) is 0 Å². The van der Waals surface area contributed by atoms with E-state index in [2.05, 4.69) is 19.2 Å². The zero-order valence-electron chi connectivity index (χ0n) is 15.7. The molecule has 4 heteroatoms. The van der Waals surface area contributed by atoms with Gasteiger partial charge in [0.2, 0.25) is 0 Å². The Balaban J connectivity index is 2.17. The largest absolute Gasteiger partial charge is 0.481 e. The van der Waals surface area contributed by atoms with E-state index >= 15 is 0 Å². The fourth-order valence-electron chi connectivity index (χ4n) is 2.80. The summed E-state index contributed by atoms with van der Waals surface area (Å²) in [6, 6.07) is 9.77. The smallest absolute Gasteiger partial charge is 0.265 e.